The van der Waals surface area contributed by atoms with Crippen molar-refractivity contribution in [1.29, 1.82) is 0 Å². The number of nitrogens with one attached hydrogen (secondary N) is 1. The third-order valence-electron chi connectivity index (χ3n) is 4.28. The maximum absolute atomic E-state index is 14.0. The lowest BCUT2D eigenvalue weighted by molar-refractivity contribution is -0.127. The van der Waals surface area contributed by atoms with Crippen LogP contribution in [0, 0.1) is 11.6 Å². The summed E-state index contributed by atoms with van der Waals surface area (Å²) in [5.41, 5.74) is -0.550. The molecular weight excluding hydrogens is 318 g/mol. The number of amides is 2. The predicted octanol–water partition coefficient (Wildman–Crippen LogP) is 3.11. The third-order valence-corrected chi connectivity index (χ3v) is 4.28. The van der Waals surface area contributed by atoms with Gasteiger partial charge in [-0.2, -0.15) is 0 Å². The second kappa shape index (κ2) is 6.75. The molecule has 0 aliphatic carbocycles. The molecule has 0 unspecified atom stereocenters. The molecule has 0 spiro atoms. The van der Waals surface area contributed by atoms with Gasteiger partial charge in [0.05, 0.1) is 0 Å². The fourth-order valence-corrected chi connectivity index (χ4v) is 3.17. The van der Waals surface area contributed by atoms with Crippen LogP contribution in [0.5, 0.6) is 0 Å². The lowest BCUT2D eigenvalue weighted by Crippen LogP contribution is -2.56. The van der Waals surface area contributed by atoms with E-state index in [1.165, 1.54) is 12.1 Å². The van der Waals surface area contributed by atoms with E-state index in [1.54, 1.807) is 20.8 Å². The summed E-state index contributed by atoms with van der Waals surface area (Å²) >= 11 is 0. The normalized spacial score (nSPS) is 21.8. The summed E-state index contributed by atoms with van der Waals surface area (Å²) in [6.07, 6.45) is -0.558. The van der Waals surface area contributed by atoms with Crippen LogP contribution in [0.4, 0.5) is 13.6 Å². The monoisotopic (exact) mass is 340 g/mol. The zero-order chi connectivity index (χ0) is 18.1. The first-order valence-corrected chi connectivity index (χ1v) is 7.86. The maximum atomic E-state index is 14.0. The Morgan fingerprint density at radius 1 is 1.29 bits per heavy atom. The summed E-state index contributed by atoms with van der Waals surface area (Å²) in [7, 11) is 0. The molecule has 5 nitrogen and oxygen atoms in total. The molecule has 0 aromatic heterocycles. The van der Waals surface area contributed by atoms with Gasteiger partial charge in [0, 0.05) is 18.0 Å². The van der Waals surface area contributed by atoms with Gasteiger partial charge >= 0.3 is 6.09 Å². The van der Waals surface area contributed by atoms with Crippen molar-refractivity contribution in [2.45, 2.75) is 51.1 Å². The van der Waals surface area contributed by atoms with Gasteiger partial charge in [-0.1, -0.05) is 12.1 Å². The number of carbonyl (C=O) groups excluding carboxylic acids is 1. The first-order valence-electron chi connectivity index (χ1n) is 7.86. The second-order valence-electron chi connectivity index (χ2n) is 7.00. The number of nitrogens with zero attached hydrogens (tertiary/aromatic N) is 1. The number of hydrogen-bond donors (Lipinski definition) is 2. The Balaban J connectivity index is 2.26. The van der Waals surface area contributed by atoms with E-state index in [0.717, 1.165) is 11.0 Å². The van der Waals surface area contributed by atoms with E-state index in [9.17, 15) is 23.5 Å². The Labute approximate surface area is 139 Å². The number of carbonyl (C=O) groups is 2. The van der Waals surface area contributed by atoms with Gasteiger partial charge in [0.2, 0.25) is 5.91 Å². The van der Waals surface area contributed by atoms with Crippen LogP contribution in [0.3, 0.4) is 0 Å². The van der Waals surface area contributed by atoms with E-state index in [1.807, 2.05) is 0 Å². The smallest absolute Gasteiger partial charge is 0.408 e. The topological polar surface area (TPSA) is 69.6 Å². The van der Waals surface area contributed by atoms with E-state index in [-0.39, 0.29) is 18.5 Å². The van der Waals surface area contributed by atoms with Gasteiger partial charge < -0.3 is 10.4 Å². The van der Waals surface area contributed by atoms with Crippen molar-refractivity contribution in [3.63, 3.8) is 0 Å². The molecule has 2 N–H and O–H groups in total. The number of benzene rings is 1. The predicted molar refractivity (Wildman–Crippen MR) is 84.7 cm³/mol. The number of carboxylic acid groups (broad SMARTS) is 1. The Morgan fingerprint density at radius 2 is 1.96 bits per heavy atom. The standard InChI is InChI=1S/C17H22F2N2O3/c1-17(2,3)21(16(23)24)13-8-7-10(9-20-15(13)22)11-5-4-6-12(18)14(11)19/h4-6,10,13H,7-9H2,1-3H3,(H,20,22)(H,23,24)/t10-,13+/m0/s1. The molecule has 2 atom stereocenters. The van der Waals surface area contributed by atoms with E-state index < -0.39 is 41.1 Å². The highest BCUT2D eigenvalue weighted by Crippen LogP contribution is 2.30. The van der Waals surface area contributed by atoms with E-state index in [4.69, 9.17) is 0 Å². The SMILES string of the molecule is CC(C)(C)N(C(=O)O)[C@@H]1CC[C@H](c2cccc(F)c2F)CNC1=O. The molecular formula is C17H22F2N2O3. The minimum absolute atomic E-state index is 0.146. The van der Waals surface area contributed by atoms with Crippen molar-refractivity contribution in [2.24, 2.45) is 0 Å². The van der Waals surface area contributed by atoms with Crippen molar-refractivity contribution in [2.75, 3.05) is 6.54 Å². The molecule has 0 radical (unpaired) electrons. The van der Waals surface area contributed by atoms with Gasteiger partial charge in [-0.05, 0) is 45.2 Å². The summed E-state index contributed by atoms with van der Waals surface area (Å²) < 4.78 is 27.4. The lowest BCUT2D eigenvalue weighted by atomic mass is 9.92. The Bertz CT molecular complexity index is 643. The largest absolute Gasteiger partial charge is 0.465 e. The minimum Gasteiger partial charge on any atom is -0.465 e. The molecule has 0 bridgehead atoms. The van der Waals surface area contributed by atoms with Crippen LogP contribution in [0.1, 0.15) is 45.1 Å². The molecule has 1 aromatic carbocycles. The van der Waals surface area contributed by atoms with Gasteiger partial charge in [-0.3, -0.25) is 9.69 Å². The Morgan fingerprint density at radius 3 is 2.54 bits per heavy atom. The van der Waals surface area contributed by atoms with Crippen LogP contribution in [-0.2, 0) is 4.79 Å². The van der Waals surface area contributed by atoms with Crippen molar-refractivity contribution >= 4 is 12.0 Å². The van der Waals surface area contributed by atoms with Crippen molar-refractivity contribution in [3.05, 3.63) is 35.4 Å². The molecule has 1 aliphatic rings. The van der Waals surface area contributed by atoms with Crippen LogP contribution in [0.2, 0.25) is 0 Å². The van der Waals surface area contributed by atoms with E-state index >= 15 is 0 Å². The van der Waals surface area contributed by atoms with Crippen LogP contribution < -0.4 is 5.32 Å². The van der Waals surface area contributed by atoms with E-state index in [0.29, 0.717) is 6.42 Å². The van der Waals surface area contributed by atoms with Gasteiger partial charge in [-0.25, -0.2) is 13.6 Å². The van der Waals surface area contributed by atoms with Crippen molar-refractivity contribution < 1.29 is 23.5 Å². The highest BCUT2D eigenvalue weighted by Gasteiger charge is 2.39. The first-order chi connectivity index (χ1) is 11.1. The Hall–Kier alpha value is -2.18. The third kappa shape index (κ3) is 3.66. The second-order valence-corrected chi connectivity index (χ2v) is 7.00. The highest BCUT2D eigenvalue weighted by atomic mass is 19.2. The van der Waals surface area contributed by atoms with Gasteiger partial charge in [0.15, 0.2) is 11.6 Å². The number of rotatable bonds is 2. The molecule has 1 aliphatic heterocycles. The van der Waals surface area contributed by atoms with Gasteiger partial charge in [0.25, 0.3) is 0 Å². The zero-order valence-electron chi connectivity index (χ0n) is 14.0. The van der Waals surface area contributed by atoms with Gasteiger partial charge in [0.1, 0.15) is 6.04 Å². The molecule has 7 heteroatoms. The fraction of sp³-hybridized carbons (Fsp3) is 0.529. The average molecular weight is 340 g/mol. The fourth-order valence-electron chi connectivity index (χ4n) is 3.17. The summed E-state index contributed by atoms with van der Waals surface area (Å²) in [4.78, 5) is 25.1. The molecule has 1 saturated heterocycles. The highest BCUT2D eigenvalue weighted by molar-refractivity contribution is 5.86. The maximum Gasteiger partial charge on any atom is 0.408 e. The molecule has 1 fully saturated rings. The first kappa shape index (κ1) is 18.2. The molecule has 2 amide bonds. The average Bonchev–Trinajstić information content (AvgIpc) is 2.64. The molecule has 24 heavy (non-hydrogen) atoms. The Kier molecular flexibility index (Phi) is 5.11. The summed E-state index contributed by atoms with van der Waals surface area (Å²) in [5.74, 6) is -2.65. The van der Waals surface area contributed by atoms with Crippen LogP contribution in [0.15, 0.2) is 18.2 Å². The molecule has 0 saturated carbocycles. The lowest BCUT2D eigenvalue weighted by Gasteiger charge is -2.38. The van der Waals surface area contributed by atoms with Crippen molar-refractivity contribution in [3.8, 4) is 0 Å². The van der Waals surface area contributed by atoms with Crippen LogP contribution >= 0.6 is 0 Å². The number of hydrogen-bond acceptors (Lipinski definition) is 2. The molecule has 2 rings (SSSR count). The summed E-state index contributed by atoms with van der Waals surface area (Å²) in [6, 6.07) is 3.11. The molecule has 1 aromatic rings. The summed E-state index contributed by atoms with van der Waals surface area (Å²) in [6.45, 7) is 5.28. The summed E-state index contributed by atoms with van der Waals surface area (Å²) in [5, 5.41) is 12.1. The number of halogens is 2. The zero-order valence-corrected chi connectivity index (χ0v) is 14.0. The van der Waals surface area contributed by atoms with Crippen molar-refractivity contribution in [1.82, 2.24) is 10.2 Å². The molecule has 1 heterocycles. The van der Waals surface area contributed by atoms with Crippen LogP contribution in [-0.4, -0.2) is 40.1 Å². The van der Waals surface area contributed by atoms with Gasteiger partial charge in [-0.15, -0.1) is 0 Å². The quantitative estimate of drug-likeness (QED) is 0.869. The van der Waals surface area contributed by atoms with Crippen LogP contribution in [0.25, 0.3) is 0 Å². The van der Waals surface area contributed by atoms with E-state index in [2.05, 4.69) is 5.32 Å². The minimum atomic E-state index is -1.18. The molecule has 132 valence electrons.